The van der Waals surface area contributed by atoms with Crippen LogP contribution in [-0.4, -0.2) is 22.0 Å². The van der Waals surface area contributed by atoms with Crippen LogP contribution in [0, 0.1) is 0 Å². The molecule has 4 N–H and O–H groups in total. The van der Waals surface area contributed by atoms with Crippen LogP contribution < -0.4 is 11.2 Å². The molecule has 4 aromatic carbocycles. The molecule has 0 bridgehead atoms. The molecule has 0 aliphatic heterocycles. The van der Waals surface area contributed by atoms with Gasteiger partial charge in [-0.05, 0) is 64.2 Å². The summed E-state index contributed by atoms with van der Waals surface area (Å²) in [5.74, 6) is 5.22. The van der Waals surface area contributed by atoms with Crippen LogP contribution in [0.5, 0.6) is 0 Å². The first-order valence-electron chi connectivity index (χ1n) is 11.9. The molecule has 0 radical (unpaired) electrons. The Morgan fingerprint density at radius 2 is 1.51 bits per heavy atom. The first kappa shape index (κ1) is 25.4. The first-order valence-corrected chi connectivity index (χ1v) is 11.9. The van der Waals surface area contributed by atoms with Crippen molar-refractivity contribution in [3.8, 4) is 0 Å². The zero-order valence-corrected chi connectivity index (χ0v) is 20.6. The van der Waals surface area contributed by atoms with Gasteiger partial charge >= 0.3 is 5.97 Å². The van der Waals surface area contributed by atoms with Crippen molar-refractivity contribution in [1.29, 1.82) is 0 Å². The second-order valence-corrected chi connectivity index (χ2v) is 8.82. The van der Waals surface area contributed by atoms with E-state index in [1.165, 1.54) is 5.01 Å². The molecule has 4 rings (SSSR count). The number of amides is 1. The predicted molar refractivity (Wildman–Crippen MR) is 149 cm³/mol. The third-order valence-electron chi connectivity index (χ3n) is 6.26. The molecular formula is C31H29N3O3. The van der Waals surface area contributed by atoms with Gasteiger partial charge in [0, 0.05) is 16.9 Å². The first-order chi connectivity index (χ1) is 17.8. The summed E-state index contributed by atoms with van der Waals surface area (Å²) in [6, 6.07) is 30.4. The van der Waals surface area contributed by atoms with E-state index in [0.29, 0.717) is 34.6 Å². The second-order valence-electron chi connectivity index (χ2n) is 8.82. The number of benzene rings is 4. The number of carboxylic acids is 1. The summed E-state index contributed by atoms with van der Waals surface area (Å²) in [7, 11) is 0. The number of carboxylic acid groups (broad SMARTS) is 1. The van der Waals surface area contributed by atoms with Gasteiger partial charge in [-0.15, -0.1) is 0 Å². The standard InChI is InChI=1S/C31H29N3O3/c1-21(24-8-4-3-5-9-24)29(19-30(35)36)22(2)34(32)20-23-12-16-28(17-13-23)33-31(37)27-15-14-25-10-6-7-11-26(25)18-27/h3-18H,1,19-20,32H2,2H3,(H,33,37)(H,35,36)/b29-22-. The van der Waals surface area contributed by atoms with Gasteiger partial charge in [0.15, 0.2) is 0 Å². The number of allylic oxidation sites excluding steroid dienone is 2. The lowest BCUT2D eigenvalue weighted by molar-refractivity contribution is -0.136. The topological polar surface area (TPSA) is 95.7 Å². The molecule has 37 heavy (non-hydrogen) atoms. The van der Waals surface area contributed by atoms with E-state index in [-0.39, 0.29) is 12.3 Å². The smallest absolute Gasteiger partial charge is 0.307 e. The molecule has 0 aliphatic carbocycles. The number of anilines is 1. The Hall–Kier alpha value is -4.68. The molecule has 0 spiro atoms. The van der Waals surface area contributed by atoms with Crippen LogP contribution in [0.15, 0.2) is 115 Å². The van der Waals surface area contributed by atoms with E-state index >= 15 is 0 Å². The van der Waals surface area contributed by atoms with Crippen molar-refractivity contribution in [2.45, 2.75) is 19.9 Å². The zero-order valence-electron chi connectivity index (χ0n) is 20.6. The van der Waals surface area contributed by atoms with Gasteiger partial charge in [0.1, 0.15) is 0 Å². The Morgan fingerprint density at radius 1 is 0.865 bits per heavy atom. The maximum atomic E-state index is 12.8. The van der Waals surface area contributed by atoms with Gasteiger partial charge in [-0.3, -0.25) is 9.59 Å². The summed E-state index contributed by atoms with van der Waals surface area (Å²) < 4.78 is 0. The van der Waals surface area contributed by atoms with Crippen LogP contribution in [0.25, 0.3) is 16.3 Å². The van der Waals surface area contributed by atoms with Crippen molar-refractivity contribution in [2.24, 2.45) is 5.84 Å². The summed E-state index contributed by atoms with van der Waals surface area (Å²) in [6.45, 7) is 6.28. The Balaban J connectivity index is 1.46. The fraction of sp³-hybridized carbons (Fsp3) is 0.0968. The van der Waals surface area contributed by atoms with Gasteiger partial charge in [0.2, 0.25) is 0 Å². The van der Waals surface area contributed by atoms with Gasteiger partial charge in [0.25, 0.3) is 5.91 Å². The van der Waals surface area contributed by atoms with Crippen molar-refractivity contribution in [1.82, 2.24) is 5.01 Å². The number of nitrogens with one attached hydrogen (secondary N) is 1. The average molecular weight is 492 g/mol. The number of carbonyl (C=O) groups excluding carboxylic acids is 1. The zero-order chi connectivity index (χ0) is 26.4. The quantitative estimate of drug-likeness (QED) is 0.147. The number of aliphatic carboxylic acids is 1. The van der Waals surface area contributed by atoms with E-state index < -0.39 is 5.97 Å². The molecule has 0 heterocycles. The Morgan fingerprint density at radius 3 is 2.19 bits per heavy atom. The van der Waals surface area contributed by atoms with E-state index in [1.54, 1.807) is 6.92 Å². The van der Waals surface area contributed by atoms with Crippen LogP contribution >= 0.6 is 0 Å². The van der Waals surface area contributed by atoms with E-state index in [1.807, 2.05) is 97.1 Å². The average Bonchev–Trinajstić information content (AvgIpc) is 2.92. The van der Waals surface area contributed by atoms with E-state index in [2.05, 4.69) is 11.9 Å². The lowest BCUT2D eigenvalue weighted by Gasteiger charge is -2.24. The number of hydrogen-bond donors (Lipinski definition) is 3. The minimum absolute atomic E-state index is 0.185. The van der Waals surface area contributed by atoms with Gasteiger partial charge in [-0.1, -0.05) is 79.4 Å². The molecule has 186 valence electrons. The third-order valence-corrected chi connectivity index (χ3v) is 6.26. The monoisotopic (exact) mass is 491 g/mol. The van der Waals surface area contributed by atoms with Crippen LogP contribution in [0.3, 0.4) is 0 Å². The Kier molecular flexibility index (Phi) is 7.81. The second kappa shape index (κ2) is 11.4. The molecule has 4 aromatic rings. The van der Waals surface area contributed by atoms with Crippen LogP contribution in [0.2, 0.25) is 0 Å². The van der Waals surface area contributed by atoms with Crippen LogP contribution in [-0.2, 0) is 11.3 Å². The molecule has 6 heteroatoms. The fourth-order valence-electron chi connectivity index (χ4n) is 4.13. The highest BCUT2D eigenvalue weighted by molar-refractivity contribution is 6.06. The van der Waals surface area contributed by atoms with Crippen molar-refractivity contribution in [3.05, 3.63) is 132 Å². The number of nitrogens with two attached hydrogens (primary N) is 1. The summed E-state index contributed by atoms with van der Waals surface area (Å²) in [5, 5.41) is 16.0. The predicted octanol–water partition coefficient (Wildman–Crippen LogP) is 6.23. The minimum Gasteiger partial charge on any atom is -0.481 e. The van der Waals surface area contributed by atoms with Crippen molar-refractivity contribution < 1.29 is 14.7 Å². The molecule has 0 atom stereocenters. The molecule has 0 saturated carbocycles. The highest BCUT2D eigenvalue weighted by Gasteiger charge is 2.16. The molecule has 1 amide bonds. The molecule has 0 saturated heterocycles. The summed E-state index contributed by atoms with van der Waals surface area (Å²) >= 11 is 0. The Bertz CT molecular complexity index is 1470. The number of nitrogens with zero attached hydrogens (tertiary/aromatic N) is 1. The van der Waals surface area contributed by atoms with Gasteiger partial charge in [-0.2, -0.15) is 0 Å². The largest absolute Gasteiger partial charge is 0.481 e. The van der Waals surface area contributed by atoms with Crippen molar-refractivity contribution in [3.63, 3.8) is 0 Å². The minimum atomic E-state index is -0.952. The lowest BCUT2D eigenvalue weighted by atomic mass is 9.95. The summed E-state index contributed by atoms with van der Waals surface area (Å²) in [6.07, 6.45) is -0.187. The number of fused-ring (bicyclic) bond motifs is 1. The van der Waals surface area contributed by atoms with Gasteiger partial charge < -0.3 is 15.4 Å². The van der Waals surface area contributed by atoms with E-state index in [4.69, 9.17) is 5.84 Å². The van der Waals surface area contributed by atoms with Crippen LogP contribution in [0.1, 0.15) is 34.8 Å². The lowest BCUT2D eigenvalue weighted by Crippen LogP contribution is -2.30. The highest BCUT2D eigenvalue weighted by Crippen LogP contribution is 2.28. The molecule has 0 aromatic heterocycles. The molecule has 0 aliphatic rings. The van der Waals surface area contributed by atoms with Gasteiger partial charge in [-0.25, -0.2) is 5.84 Å². The number of hydrogen-bond acceptors (Lipinski definition) is 4. The Labute approximate surface area is 216 Å². The van der Waals surface area contributed by atoms with E-state index in [9.17, 15) is 14.7 Å². The maximum Gasteiger partial charge on any atom is 0.307 e. The third kappa shape index (κ3) is 6.31. The van der Waals surface area contributed by atoms with Crippen molar-refractivity contribution >= 4 is 33.9 Å². The normalized spacial score (nSPS) is 11.5. The van der Waals surface area contributed by atoms with Gasteiger partial charge in [0.05, 0.1) is 13.0 Å². The number of hydrazine groups is 1. The molecule has 6 nitrogen and oxygen atoms in total. The summed E-state index contributed by atoms with van der Waals surface area (Å²) in [4.78, 5) is 24.3. The molecular weight excluding hydrogens is 462 g/mol. The summed E-state index contributed by atoms with van der Waals surface area (Å²) in [5.41, 5.74) is 4.83. The van der Waals surface area contributed by atoms with Crippen molar-refractivity contribution in [2.75, 3.05) is 5.32 Å². The highest BCUT2D eigenvalue weighted by atomic mass is 16.4. The molecule has 0 unspecified atom stereocenters. The van der Waals surface area contributed by atoms with E-state index in [0.717, 1.165) is 21.9 Å². The molecule has 0 fully saturated rings. The number of carbonyl (C=O) groups is 2. The fourth-order valence-corrected chi connectivity index (χ4v) is 4.13. The number of rotatable bonds is 9. The SMILES string of the molecule is C=C(/C(CC(=O)O)=C(/C)N(N)Cc1ccc(NC(=O)c2ccc3ccccc3c2)cc1)c1ccccc1. The van der Waals surface area contributed by atoms with Crippen LogP contribution in [0.4, 0.5) is 5.69 Å². The maximum absolute atomic E-state index is 12.8.